The molecule has 7 nitrogen and oxygen atoms in total. The highest BCUT2D eigenvalue weighted by molar-refractivity contribution is 6.04. The molecule has 2 N–H and O–H groups in total. The molecule has 6 rings (SSSR count). The summed E-state index contributed by atoms with van der Waals surface area (Å²) in [6, 6.07) is 2.29. The van der Waals surface area contributed by atoms with Crippen LogP contribution in [0.3, 0.4) is 0 Å². The Labute approximate surface area is 187 Å². The molecule has 4 aliphatic rings. The first-order valence-electron chi connectivity index (χ1n) is 10.9. The SMILES string of the molecule is CC1=CC(C(=O)N2CC3CC34CC(Nc3ccc(C(F)(F)F)cn3)C24)=C(c2ncco2)NC1. The molecule has 2 aromatic rings. The standard InChI is InChI=1S/C23H22F3N5O2/c1-12-6-15(18(29-9-12)20-27-4-5-33-20)21(32)31-11-14-7-22(14)8-16(19(22)31)30-17-3-2-13(10-28-17)23(24,25)26/h2-6,10,14,16,19,29H,7-9,11H2,1H3,(H,28,30). The zero-order chi connectivity index (χ0) is 23.0. The molecule has 4 atom stereocenters. The van der Waals surface area contributed by atoms with Crippen molar-refractivity contribution in [2.45, 2.75) is 38.0 Å². The summed E-state index contributed by atoms with van der Waals surface area (Å²) in [5.74, 6) is 1.14. The number of oxazole rings is 1. The van der Waals surface area contributed by atoms with Crippen LogP contribution in [0, 0.1) is 11.3 Å². The first kappa shape index (κ1) is 20.3. The van der Waals surface area contributed by atoms with Crippen molar-refractivity contribution in [3.05, 3.63) is 59.5 Å². The number of piperidine rings is 1. The third kappa shape index (κ3) is 3.14. The number of anilines is 1. The second-order valence-corrected chi connectivity index (χ2v) is 9.39. The van der Waals surface area contributed by atoms with Gasteiger partial charge in [0.25, 0.3) is 5.91 Å². The third-order valence-corrected chi connectivity index (χ3v) is 7.37. The van der Waals surface area contributed by atoms with Crippen LogP contribution in [-0.2, 0) is 11.0 Å². The smallest absolute Gasteiger partial charge is 0.417 e. The van der Waals surface area contributed by atoms with Crippen molar-refractivity contribution in [1.82, 2.24) is 20.2 Å². The van der Waals surface area contributed by atoms with Crippen molar-refractivity contribution < 1.29 is 22.4 Å². The van der Waals surface area contributed by atoms with Gasteiger partial charge in [-0.05, 0) is 49.3 Å². The van der Waals surface area contributed by atoms with E-state index < -0.39 is 11.7 Å². The minimum Gasteiger partial charge on any atom is -0.443 e. The number of halogens is 3. The van der Waals surface area contributed by atoms with Crippen LogP contribution in [0.25, 0.3) is 5.70 Å². The van der Waals surface area contributed by atoms with Crippen molar-refractivity contribution in [2.24, 2.45) is 11.3 Å². The van der Waals surface area contributed by atoms with E-state index in [9.17, 15) is 18.0 Å². The molecule has 0 aromatic carbocycles. The third-order valence-electron chi connectivity index (χ3n) is 7.37. The van der Waals surface area contributed by atoms with Crippen LogP contribution in [-0.4, -0.2) is 45.9 Å². The summed E-state index contributed by atoms with van der Waals surface area (Å²) in [6.45, 7) is 3.24. The maximum Gasteiger partial charge on any atom is 0.417 e. The number of alkyl halides is 3. The molecule has 2 aromatic heterocycles. The van der Waals surface area contributed by atoms with E-state index in [-0.39, 0.29) is 23.4 Å². The van der Waals surface area contributed by atoms with Gasteiger partial charge >= 0.3 is 6.18 Å². The number of hydrogen-bond donors (Lipinski definition) is 2. The summed E-state index contributed by atoms with van der Waals surface area (Å²) in [5.41, 5.74) is 1.47. The molecule has 2 aliphatic carbocycles. The van der Waals surface area contributed by atoms with Gasteiger partial charge in [-0.25, -0.2) is 9.97 Å². The Hall–Kier alpha value is -3.30. The first-order chi connectivity index (χ1) is 15.8. The molecule has 0 bridgehead atoms. The van der Waals surface area contributed by atoms with Gasteiger partial charge in [0.15, 0.2) is 0 Å². The fourth-order valence-corrected chi connectivity index (χ4v) is 5.75. The van der Waals surface area contributed by atoms with Crippen LogP contribution in [0.5, 0.6) is 0 Å². The lowest BCUT2D eigenvalue weighted by Gasteiger charge is -2.48. The molecule has 0 radical (unpaired) electrons. The van der Waals surface area contributed by atoms with Crippen molar-refractivity contribution in [2.75, 3.05) is 18.4 Å². The number of aromatic nitrogens is 2. The van der Waals surface area contributed by atoms with Crippen molar-refractivity contribution in [1.29, 1.82) is 0 Å². The van der Waals surface area contributed by atoms with Gasteiger partial charge < -0.3 is 20.0 Å². The van der Waals surface area contributed by atoms with Gasteiger partial charge in [0, 0.05) is 25.3 Å². The largest absolute Gasteiger partial charge is 0.443 e. The summed E-state index contributed by atoms with van der Waals surface area (Å²) in [4.78, 5) is 23.8. The van der Waals surface area contributed by atoms with Gasteiger partial charge in [0.2, 0.25) is 5.89 Å². The van der Waals surface area contributed by atoms with E-state index in [0.717, 1.165) is 30.7 Å². The average Bonchev–Trinajstić information content (AvgIpc) is 3.14. The molecular formula is C23H22F3N5O2. The monoisotopic (exact) mass is 457 g/mol. The fraction of sp³-hybridized carbons (Fsp3) is 0.435. The van der Waals surface area contributed by atoms with Crippen LogP contribution in [0.4, 0.5) is 19.0 Å². The molecule has 33 heavy (non-hydrogen) atoms. The lowest BCUT2D eigenvalue weighted by atomic mass is 9.71. The number of dihydropyridines is 1. The summed E-state index contributed by atoms with van der Waals surface area (Å²) in [5, 5.41) is 6.51. The van der Waals surface area contributed by atoms with Crippen molar-refractivity contribution in [3.63, 3.8) is 0 Å². The number of rotatable bonds is 4. The van der Waals surface area contributed by atoms with Crippen molar-refractivity contribution in [3.8, 4) is 0 Å². The molecule has 3 fully saturated rings. The molecule has 4 heterocycles. The minimum absolute atomic E-state index is 0.0203. The van der Waals surface area contributed by atoms with Crippen LogP contribution >= 0.6 is 0 Å². The van der Waals surface area contributed by atoms with Crippen molar-refractivity contribution >= 4 is 17.4 Å². The maximum atomic E-state index is 13.7. The van der Waals surface area contributed by atoms with Gasteiger partial charge in [-0.1, -0.05) is 5.57 Å². The number of nitrogens with one attached hydrogen (secondary N) is 2. The first-order valence-corrected chi connectivity index (χ1v) is 10.9. The van der Waals surface area contributed by atoms with Gasteiger partial charge in [-0.15, -0.1) is 0 Å². The summed E-state index contributed by atoms with van der Waals surface area (Å²) >= 11 is 0. The predicted molar refractivity (Wildman–Crippen MR) is 112 cm³/mol. The number of carbonyl (C=O) groups excluding carboxylic acids is 1. The highest BCUT2D eigenvalue weighted by atomic mass is 19.4. The predicted octanol–water partition coefficient (Wildman–Crippen LogP) is 3.45. The van der Waals surface area contributed by atoms with E-state index in [4.69, 9.17) is 4.42 Å². The molecule has 2 saturated carbocycles. The highest BCUT2D eigenvalue weighted by Gasteiger charge is 2.75. The lowest BCUT2D eigenvalue weighted by molar-refractivity contribution is -0.137. The zero-order valence-electron chi connectivity index (χ0n) is 17.8. The summed E-state index contributed by atoms with van der Waals surface area (Å²) < 4.78 is 44.0. The second kappa shape index (κ2) is 6.85. The Kier molecular flexibility index (Phi) is 4.22. The zero-order valence-corrected chi connectivity index (χ0v) is 17.8. The lowest BCUT2D eigenvalue weighted by Crippen LogP contribution is -2.60. The van der Waals surface area contributed by atoms with E-state index in [2.05, 4.69) is 20.6 Å². The summed E-state index contributed by atoms with van der Waals surface area (Å²) in [6.07, 6.45) is 3.28. The van der Waals surface area contributed by atoms with E-state index in [1.165, 1.54) is 12.3 Å². The molecule has 1 amide bonds. The number of carbonyl (C=O) groups is 1. The number of hydrogen-bond acceptors (Lipinski definition) is 6. The minimum atomic E-state index is -4.42. The molecule has 172 valence electrons. The fourth-order valence-electron chi connectivity index (χ4n) is 5.75. The Balaban J connectivity index is 1.25. The number of pyridine rings is 1. The molecule has 1 spiro atoms. The van der Waals surface area contributed by atoms with Gasteiger partial charge in [-0.3, -0.25) is 4.79 Å². The van der Waals surface area contributed by atoms with E-state index >= 15 is 0 Å². The Bertz CT molecular complexity index is 1170. The van der Waals surface area contributed by atoms with Crippen LogP contribution in [0.15, 0.2) is 52.4 Å². The molecule has 2 aliphatic heterocycles. The normalized spacial score (nSPS) is 30.1. The second-order valence-electron chi connectivity index (χ2n) is 9.39. The molecule has 10 heteroatoms. The highest BCUT2D eigenvalue weighted by Crippen LogP contribution is 2.71. The van der Waals surface area contributed by atoms with Crippen LogP contribution in [0.2, 0.25) is 0 Å². The Morgan fingerprint density at radius 1 is 1.30 bits per heavy atom. The van der Waals surface area contributed by atoms with Gasteiger partial charge in [-0.2, -0.15) is 13.2 Å². The van der Waals surface area contributed by atoms with E-state index in [1.54, 1.807) is 6.20 Å². The molecule has 4 unspecified atom stereocenters. The molecule has 1 saturated heterocycles. The van der Waals surface area contributed by atoms with Crippen LogP contribution < -0.4 is 10.6 Å². The number of nitrogens with zero attached hydrogens (tertiary/aromatic N) is 3. The Morgan fingerprint density at radius 2 is 2.15 bits per heavy atom. The number of likely N-dealkylation sites (tertiary alicyclic amines) is 1. The van der Waals surface area contributed by atoms with E-state index in [0.29, 0.717) is 42.0 Å². The van der Waals surface area contributed by atoms with Crippen LogP contribution in [0.1, 0.15) is 31.2 Å². The summed E-state index contributed by atoms with van der Waals surface area (Å²) in [7, 11) is 0. The number of amides is 1. The average molecular weight is 457 g/mol. The van der Waals surface area contributed by atoms with E-state index in [1.807, 2.05) is 17.9 Å². The van der Waals surface area contributed by atoms with Gasteiger partial charge in [0.1, 0.15) is 17.8 Å². The maximum absolute atomic E-state index is 13.7. The Morgan fingerprint density at radius 3 is 2.85 bits per heavy atom. The van der Waals surface area contributed by atoms with Gasteiger partial charge in [0.05, 0.1) is 23.4 Å². The quantitative estimate of drug-likeness (QED) is 0.732. The topological polar surface area (TPSA) is 83.3 Å². The molecular weight excluding hydrogens is 435 g/mol.